The zero-order valence-electron chi connectivity index (χ0n) is 13.3. The summed E-state index contributed by atoms with van der Waals surface area (Å²) in [5.41, 5.74) is 0.750. The zero-order valence-corrected chi connectivity index (χ0v) is 13.3. The zero-order chi connectivity index (χ0) is 15.8. The summed E-state index contributed by atoms with van der Waals surface area (Å²) in [6, 6.07) is 10.5. The van der Waals surface area contributed by atoms with Crippen LogP contribution in [0.4, 0.5) is 0 Å². The van der Waals surface area contributed by atoms with Crippen LogP contribution in [-0.4, -0.2) is 39.8 Å². The van der Waals surface area contributed by atoms with Gasteiger partial charge in [-0.1, -0.05) is 0 Å². The molecule has 120 valence electrons. The summed E-state index contributed by atoms with van der Waals surface area (Å²) in [5.74, 6) is 0.931. The fraction of sp³-hybridized carbons (Fsp3) is 0.444. The maximum atomic E-state index is 12.9. The molecule has 2 unspecified atom stereocenters. The van der Waals surface area contributed by atoms with Crippen LogP contribution in [0.2, 0.25) is 0 Å². The molecule has 1 aromatic carbocycles. The van der Waals surface area contributed by atoms with E-state index in [9.17, 15) is 4.79 Å². The van der Waals surface area contributed by atoms with E-state index in [1.54, 1.807) is 7.11 Å². The Balaban J connectivity index is 1.53. The number of rotatable bonds is 3. The summed E-state index contributed by atoms with van der Waals surface area (Å²) in [6.07, 6.45) is 8.07. The fourth-order valence-electron chi connectivity index (χ4n) is 4.08. The van der Waals surface area contributed by atoms with Crippen LogP contribution in [0.25, 0.3) is 0 Å². The number of hydrogen-bond donors (Lipinski definition) is 0. The van der Waals surface area contributed by atoms with Gasteiger partial charge in [0.05, 0.1) is 13.2 Å². The van der Waals surface area contributed by atoms with Crippen LogP contribution >= 0.6 is 0 Å². The Morgan fingerprint density at radius 3 is 2.39 bits per heavy atom. The Morgan fingerprint density at radius 1 is 1.13 bits per heavy atom. The van der Waals surface area contributed by atoms with E-state index in [0.29, 0.717) is 18.1 Å². The molecule has 2 bridgehead atoms. The molecule has 5 heteroatoms. The molecule has 5 nitrogen and oxygen atoms in total. The van der Waals surface area contributed by atoms with Crippen LogP contribution in [0.1, 0.15) is 42.1 Å². The molecule has 4 rings (SSSR count). The first-order chi connectivity index (χ1) is 11.3. The molecule has 1 aromatic heterocycles. The Hall–Kier alpha value is -2.30. The third-order valence-electron chi connectivity index (χ3n) is 5.18. The second-order valence-electron chi connectivity index (χ2n) is 6.44. The molecule has 2 saturated heterocycles. The summed E-state index contributed by atoms with van der Waals surface area (Å²) < 4.78 is 7.23. The predicted octanol–water partition coefficient (Wildman–Crippen LogP) is 2.90. The van der Waals surface area contributed by atoms with E-state index in [0.717, 1.165) is 37.0 Å². The topological polar surface area (TPSA) is 47.4 Å². The number of nitrogens with zero attached hydrogens (tertiary/aromatic N) is 3. The number of piperidine rings is 1. The highest BCUT2D eigenvalue weighted by atomic mass is 16.5. The van der Waals surface area contributed by atoms with Crippen molar-refractivity contribution in [3.05, 3.63) is 48.3 Å². The largest absolute Gasteiger partial charge is 0.497 e. The Bertz CT molecular complexity index is 667. The molecule has 0 aliphatic carbocycles. The molecule has 2 aliphatic heterocycles. The average molecular weight is 311 g/mol. The summed E-state index contributed by atoms with van der Waals surface area (Å²) >= 11 is 0. The lowest BCUT2D eigenvalue weighted by Crippen LogP contribution is -2.47. The van der Waals surface area contributed by atoms with Crippen LogP contribution in [0.15, 0.2) is 42.7 Å². The standard InChI is InChI=1S/C18H21N3O2/c1-23-17-7-3-13(4-8-17)18(22)21-14-5-6-15(21)12-16(11-14)20-10-2-9-19-20/h2-4,7-10,14-16H,5-6,11-12H2,1H3. The number of carbonyl (C=O) groups is 1. The van der Waals surface area contributed by atoms with Crippen molar-refractivity contribution in [3.63, 3.8) is 0 Å². The van der Waals surface area contributed by atoms with E-state index in [4.69, 9.17) is 4.74 Å². The van der Waals surface area contributed by atoms with Gasteiger partial charge in [-0.2, -0.15) is 5.10 Å². The Kier molecular flexibility index (Phi) is 3.56. The van der Waals surface area contributed by atoms with Crippen LogP contribution in [0, 0.1) is 0 Å². The number of amides is 1. The van der Waals surface area contributed by atoms with Crippen LogP contribution in [0.3, 0.4) is 0 Å². The molecule has 0 saturated carbocycles. The molecule has 0 radical (unpaired) electrons. The highest BCUT2D eigenvalue weighted by molar-refractivity contribution is 5.95. The normalized spacial score (nSPS) is 26.3. The van der Waals surface area contributed by atoms with Crippen LogP contribution < -0.4 is 4.74 Å². The number of benzene rings is 1. The van der Waals surface area contributed by atoms with Gasteiger partial charge in [-0.25, -0.2) is 0 Å². The monoisotopic (exact) mass is 311 g/mol. The number of fused-ring (bicyclic) bond motifs is 2. The number of hydrogen-bond acceptors (Lipinski definition) is 3. The highest BCUT2D eigenvalue weighted by Crippen LogP contribution is 2.41. The van der Waals surface area contributed by atoms with Crippen molar-refractivity contribution in [1.29, 1.82) is 0 Å². The minimum Gasteiger partial charge on any atom is -0.497 e. The van der Waals surface area contributed by atoms with Crippen LogP contribution in [-0.2, 0) is 0 Å². The third-order valence-corrected chi connectivity index (χ3v) is 5.18. The number of aromatic nitrogens is 2. The average Bonchev–Trinajstić information content (AvgIpc) is 3.21. The fourth-order valence-corrected chi connectivity index (χ4v) is 4.08. The number of ether oxygens (including phenoxy) is 1. The molecule has 2 aliphatic rings. The number of carbonyl (C=O) groups excluding carboxylic acids is 1. The Labute approximate surface area is 135 Å². The molecular weight excluding hydrogens is 290 g/mol. The molecule has 23 heavy (non-hydrogen) atoms. The van der Waals surface area contributed by atoms with E-state index in [1.807, 2.05) is 42.7 Å². The molecular formula is C18H21N3O2. The van der Waals surface area contributed by atoms with Gasteiger partial charge < -0.3 is 9.64 Å². The quantitative estimate of drug-likeness (QED) is 0.875. The van der Waals surface area contributed by atoms with Gasteiger partial charge in [-0.15, -0.1) is 0 Å². The second kappa shape index (κ2) is 5.72. The lowest BCUT2D eigenvalue weighted by Gasteiger charge is -2.39. The molecule has 2 atom stereocenters. The van der Waals surface area contributed by atoms with Crippen molar-refractivity contribution in [2.45, 2.75) is 43.8 Å². The summed E-state index contributed by atoms with van der Waals surface area (Å²) in [6.45, 7) is 0. The predicted molar refractivity (Wildman–Crippen MR) is 86.5 cm³/mol. The van der Waals surface area contributed by atoms with Gasteiger partial charge in [0.25, 0.3) is 5.91 Å². The first-order valence-corrected chi connectivity index (χ1v) is 8.22. The van der Waals surface area contributed by atoms with Gasteiger partial charge in [0.1, 0.15) is 5.75 Å². The first kappa shape index (κ1) is 14.3. The molecule has 0 N–H and O–H groups in total. The van der Waals surface area contributed by atoms with Gasteiger partial charge in [0.15, 0.2) is 0 Å². The first-order valence-electron chi connectivity index (χ1n) is 8.22. The summed E-state index contributed by atoms with van der Waals surface area (Å²) in [5, 5.41) is 4.38. The van der Waals surface area contributed by atoms with Crippen molar-refractivity contribution in [2.24, 2.45) is 0 Å². The van der Waals surface area contributed by atoms with E-state index in [1.165, 1.54) is 0 Å². The van der Waals surface area contributed by atoms with Gasteiger partial charge in [0, 0.05) is 30.0 Å². The van der Waals surface area contributed by atoms with Crippen molar-refractivity contribution in [2.75, 3.05) is 7.11 Å². The minimum absolute atomic E-state index is 0.152. The lowest BCUT2D eigenvalue weighted by molar-refractivity contribution is 0.0524. The smallest absolute Gasteiger partial charge is 0.254 e. The van der Waals surface area contributed by atoms with Crippen molar-refractivity contribution >= 4 is 5.91 Å². The molecule has 2 aromatic rings. The Morgan fingerprint density at radius 2 is 1.83 bits per heavy atom. The maximum absolute atomic E-state index is 12.9. The van der Waals surface area contributed by atoms with E-state index < -0.39 is 0 Å². The number of methoxy groups -OCH3 is 1. The maximum Gasteiger partial charge on any atom is 0.254 e. The van der Waals surface area contributed by atoms with Crippen molar-refractivity contribution in [1.82, 2.24) is 14.7 Å². The second-order valence-corrected chi connectivity index (χ2v) is 6.44. The van der Waals surface area contributed by atoms with Gasteiger partial charge >= 0.3 is 0 Å². The SMILES string of the molecule is COc1ccc(C(=O)N2C3CCC2CC(n2cccn2)C3)cc1. The summed E-state index contributed by atoms with van der Waals surface area (Å²) in [7, 11) is 1.64. The van der Waals surface area contributed by atoms with E-state index in [-0.39, 0.29) is 5.91 Å². The van der Waals surface area contributed by atoms with Gasteiger partial charge in [0.2, 0.25) is 0 Å². The lowest BCUT2D eigenvalue weighted by atomic mass is 9.96. The van der Waals surface area contributed by atoms with Crippen LogP contribution in [0.5, 0.6) is 5.75 Å². The van der Waals surface area contributed by atoms with Gasteiger partial charge in [-0.3, -0.25) is 9.48 Å². The van der Waals surface area contributed by atoms with Gasteiger partial charge in [-0.05, 0) is 56.0 Å². The van der Waals surface area contributed by atoms with E-state index in [2.05, 4.69) is 14.7 Å². The molecule has 3 heterocycles. The van der Waals surface area contributed by atoms with Crippen molar-refractivity contribution in [3.8, 4) is 5.75 Å². The van der Waals surface area contributed by atoms with E-state index >= 15 is 0 Å². The molecule has 2 fully saturated rings. The third kappa shape index (κ3) is 2.50. The molecule has 0 spiro atoms. The van der Waals surface area contributed by atoms with Crippen molar-refractivity contribution < 1.29 is 9.53 Å². The summed E-state index contributed by atoms with van der Waals surface area (Å²) in [4.78, 5) is 15.0. The molecule has 1 amide bonds. The minimum atomic E-state index is 0.152. The highest BCUT2D eigenvalue weighted by Gasteiger charge is 2.44.